The smallest absolute Gasteiger partial charge is 0.148 e. The predicted molar refractivity (Wildman–Crippen MR) is 103 cm³/mol. The molecule has 26 heavy (non-hydrogen) atoms. The molecule has 0 saturated carbocycles. The summed E-state index contributed by atoms with van der Waals surface area (Å²) in [5, 5.41) is 4.88. The number of hydrogen-bond acceptors (Lipinski definition) is 4. The normalized spacial score (nSPS) is 10.1. The second-order valence-electron chi connectivity index (χ2n) is 5.88. The van der Waals surface area contributed by atoms with Crippen LogP contribution in [0.3, 0.4) is 0 Å². The van der Waals surface area contributed by atoms with Crippen molar-refractivity contribution in [3.8, 4) is 16.9 Å². The highest BCUT2D eigenvalue weighted by molar-refractivity contribution is 5.75. The fraction of sp³-hybridized carbons (Fsp3) is 0.100. The molecule has 3 aromatic carbocycles. The second-order valence-corrected chi connectivity index (χ2v) is 5.88. The van der Waals surface area contributed by atoms with Crippen LogP contribution in [0.25, 0.3) is 21.6 Å². The van der Waals surface area contributed by atoms with Gasteiger partial charge in [-0.25, -0.2) is 5.84 Å². The molecule has 0 fully saturated rings. The van der Waals surface area contributed by atoms with Crippen LogP contribution in [0.2, 0.25) is 0 Å². The number of rotatable bonds is 6. The number of nitrogens with two attached hydrogens (primary N) is 1. The average Bonchev–Trinajstić information content (AvgIpc) is 2.67. The standard InChI is InChI=1S/C20H19N5O/c1-25(22)18-11-5-9-16(14-18)19-12-6-10-17(20(19)26-24-23-21)13-15-7-3-2-4-8-15/h2-12,14H,13,22H2,1H3. The molecule has 6 nitrogen and oxygen atoms in total. The lowest BCUT2D eigenvalue weighted by Crippen LogP contribution is -2.24. The van der Waals surface area contributed by atoms with Crippen molar-refractivity contribution >= 4 is 5.69 Å². The number of benzene rings is 3. The number of hydrogen-bond donors (Lipinski definition) is 1. The molecule has 0 heterocycles. The van der Waals surface area contributed by atoms with E-state index in [-0.39, 0.29) is 0 Å². The van der Waals surface area contributed by atoms with Gasteiger partial charge in [0.05, 0.1) is 5.69 Å². The van der Waals surface area contributed by atoms with Crippen LogP contribution in [0, 0.1) is 0 Å². The zero-order valence-electron chi connectivity index (χ0n) is 14.4. The number of azide groups is 1. The maximum Gasteiger partial charge on any atom is 0.148 e. The van der Waals surface area contributed by atoms with Crippen molar-refractivity contribution in [2.24, 2.45) is 11.1 Å². The van der Waals surface area contributed by atoms with E-state index in [4.69, 9.17) is 16.2 Å². The molecule has 130 valence electrons. The molecule has 0 aliphatic rings. The Labute approximate surface area is 152 Å². The molecule has 0 aliphatic heterocycles. The van der Waals surface area contributed by atoms with Gasteiger partial charge >= 0.3 is 0 Å². The molecule has 0 spiro atoms. The van der Waals surface area contributed by atoms with Crippen molar-refractivity contribution in [3.63, 3.8) is 0 Å². The van der Waals surface area contributed by atoms with Gasteiger partial charge in [0.25, 0.3) is 0 Å². The fourth-order valence-electron chi connectivity index (χ4n) is 2.83. The maximum absolute atomic E-state index is 8.70. The summed E-state index contributed by atoms with van der Waals surface area (Å²) in [5.74, 6) is 6.39. The van der Waals surface area contributed by atoms with E-state index in [1.54, 1.807) is 12.1 Å². The molecule has 0 amide bonds. The van der Waals surface area contributed by atoms with Crippen LogP contribution in [0.5, 0.6) is 5.75 Å². The van der Waals surface area contributed by atoms with Gasteiger partial charge < -0.3 is 9.85 Å². The molecular weight excluding hydrogens is 326 g/mol. The van der Waals surface area contributed by atoms with Crippen LogP contribution in [-0.4, -0.2) is 7.05 Å². The number of nitrogens with zero attached hydrogens (tertiary/aromatic N) is 4. The van der Waals surface area contributed by atoms with E-state index < -0.39 is 0 Å². The Kier molecular flexibility index (Phi) is 5.39. The first-order valence-corrected chi connectivity index (χ1v) is 8.15. The monoisotopic (exact) mass is 345 g/mol. The molecule has 0 unspecified atom stereocenters. The summed E-state index contributed by atoms with van der Waals surface area (Å²) in [6.07, 6.45) is 0.668. The van der Waals surface area contributed by atoms with Crippen molar-refractivity contribution in [3.05, 3.63) is 94.4 Å². The van der Waals surface area contributed by atoms with E-state index in [1.165, 1.54) is 0 Å². The summed E-state index contributed by atoms with van der Waals surface area (Å²) < 4.78 is 0. The summed E-state index contributed by atoms with van der Waals surface area (Å²) in [7, 11) is 1.78. The minimum atomic E-state index is 0.547. The summed E-state index contributed by atoms with van der Waals surface area (Å²) >= 11 is 0. The second kappa shape index (κ2) is 8.07. The molecular formula is C20H19N5O. The lowest BCUT2D eigenvalue weighted by Gasteiger charge is -2.16. The van der Waals surface area contributed by atoms with Gasteiger partial charge in [-0.3, -0.25) is 0 Å². The van der Waals surface area contributed by atoms with E-state index in [0.717, 1.165) is 27.9 Å². The van der Waals surface area contributed by atoms with Crippen molar-refractivity contribution < 1.29 is 4.84 Å². The first kappa shape index (κ1) is 17.4. The van der Waals surface area contributed by atoms with Gasteiger partial charge in [-0.15, -0.1) is 0 Å². The Balaban J connectivity index is 2.08. The van der Waals surface area contributed by atoms with E-state index >= 15 is 0 Å². The third-order valence-corrected chi connectivity index (χ3v) is 4.07. The fourth-order valence-corrected chi connectivity index (χ4v) is 2.83. The third kappa shape index (κ3) is 3.95. The molecule has 0 saturated heterocycles. The highest BCUT2D eigenvalue weighted by Gasteiger charge is 2.13. The molecule has 0 bridgehead atoms. The quantitative estimate of drug-likeness (QED) is 0.227. The van der Waals surface area contributed by atoms with E-state index in [1.807, 2.05) is 72.8 Å². The van der Waals surface area contributed by atoms with Crippen molar-refractivity contribution in [1.82, 2.24) is 0 Å². The first-order chi connectivity index (χ1) is 12.7. The van der Waals surface area contributed by atoms with E-state index in [2.05, 4.69) is 10.2 Å². The van der Waals surface area contributed by atoms with Gasteiger partial charge in [0.15, 0.2) is 0 Å². The Morgan fingerprint density at radius 1 is 1.04 bits per heavy atom. The summed E-state index contributed by atoms with van der Waals surface area (Å²) in [6, 6.07) is 23.7. The van der Waals surface area contributed by atoms with Gasteiger partial charge in [0, 0.05) is 29.5 Å². The molecule has 2 N–H and O–H groups in total. The van der Waals surface area contributed by atoms with Crippen LogP contribution in [-0.2, 0) is 6.42 Å². The van der Waals surface area contributed by atoms with Gasteiger partial charge in [-0.1, -0.05) is 60.7 Å². The van der Waals surface area contributed by atoms with Crippen LogP contribution >= 0.6 is 0 Å². The number of para-hydroxylation sites is 1. The maximum atomic E-state index is 8.70. The Morgan fingerprint density at radius 3 is 2.54 bits per heavy atom. The Hall–Kier alpha value is -3.47. The zero-order chi connectivity index (χ0) is 18.4. The molecule has 3 aromatic rings. The van der Waals surface area contributed by atoms with Crippen LogP contribution in [0.15, 0.2) is 78.1 Å². The number of hydrazine groups is 1. The third-order valence-electron chi connectivity index (χ3n) is 4.07. The van der Waals surface area contributed by atoms with E-state index in [0.29, 0.717) is 12.2 Å². The SMILES string of the molecule is CN(N)c1cccc(-c2cccc(Cc3ccccc3)c2ON=[N+]=[N-])c1. The van der Waals surface area contributed by atoms with Crippen LogP contribution in [0.1, 0.15) is 11.1 Å². The van der Waals surface area contributed by atoms with Crippen LogP contribution < -0.4 is 15.7 Å². The summed E-state index contributed by atoms with van der Waals surface area (Å²) in [6.45, 7) is 0. The van der Waals surface area contributed by atoms with Crippen molar-refractivity contribution in [1.29, 1.82) is 0 Å². The largest absolute Gasteiger partial charge is 0.393 e. The lowest BCUT2D eigenvalue weighted by atomic mass is 9.97. The summed E-state index contributed by atoms with van der Waals surface area (Å²) in [5.41, 5.74) is 13.4. The lowest BCUT2D eigenvalue weighted by molar-refractivity contribution is 0.331. The molecule has 0 radical (unpaired) electrons. The van der Waals surface area contributed by atoms with Gasteiger partial charge in [-0.2, -0.15) is 0 Å². The van der Waals surface area contributed by atoms with Crippen molar-refractivity contribution in [2.45, 2.75) is 6.42 Å². The molecule has 0 aliphatic carbocycles. The molecule has 3 rings (SSSR count). The molecule has 6 heteroatoms. The Morgan fingerprint density at radius 2 is 1.81 bits per heavy atom. The van der Waals surface area contributed by atoms with Gasteiger partial charge in [-0.05, 0) is 28.8 Å². The van der Waals surface area contributed by atoms with E-state index in [9.17, 15) is 0 Å². The molecule has 0 aromatic heterocycles. The van der Waals surface area contributed by atoms with Crippen LogP contribution in [0.4, 0.5) is 5.69 Å². The zero-order valence-corrected chi connectivity index (χ0v) is 14.4. The first-order valence-electron chi connectivity index (χ1n) is 8.15. The average molecular weight is 345 g/mol. The highest BCUT2D eigenvalue weighted by Crippen LogP contribution is 2.36. The number of anilines is 1. The van der Waals surface area contributed by atoms with Gasteiger partial charge in [0.1, 0.15) is 11.0 Å². The minimum Gasteiger partial charge on any atom is -0.393 e. The summed E-state index contributed by atoms with van der Waals surface area (Å²) in [4.78, 5) is 8.14. The highest BCUT2D eigenvalue weighted by atomic mass is 16.6. The van der Waals surface area contributed by atoms with Crippen molar-refractivity contribution in [2.75, 3.05) is 12.1 Å². The Bertz CT molecular complexity index is 934. The topological polar surface area (TPSA) is 87.2 Å². The predicted octanol–water partition coefficient (Wildman–Crippen LogP) is 4.86. The minimum absolute atomic E-state index is 0.547. The van der Waals surface area contributed by atoms with Gasteiger partial charge in [0.2, 0.25) is 0 Å². The molecule has 0 atom stereocenters.